The standard InChI is InChI=1S/C29H31NO2S/c1-18(31)23-14-29(15-23)16-24(17-29)30-28(32)27-20(3)33-19(2)26(27)13-22-11-7-8-12-25(22)21-9-5-4-6-10-21/h4-12,23-24H,13-17H2,1-3H3,(H,30,32). The highest BCUT2D eigenvalue weighted by Crippen LogP contribution is 2.58. The zero-order valence-corrected chi connectivity index (χ0v) is 20.4. The summed E-state index contributed by atoms with van der Waals surface area (Å²) >= 11 is 1.72. The van der Waals surface area contributed by atoms with Crippen molar-refractivity contribution in [3.8, 4) is 11.1 Å². The molecule has 1 N–H and O–H groups in total. The van der Waals surface area contributed by atoms with Gasteiger partial charge in [-0.05, 0) is 80.5 Å². The highest BCUT2D eigenvalue weighted by atomic mass is 32.1. The van der Waals surface area contributed by atoms with Crippen LogP contribution in [0.2, 0.25) is 0 Å². The Labute approximate surface area is 200 Å². The number of hydrogen-bond acceptors (Lipinski definition) is 3. The minimum absolute atomic E-state index is 0.0614. The first-order valence-corrected chi connectivity index (χ1v) is 12.7. The highest BCUT2D eigenvalue weighted by molar-refractivity contribution is 7.12. The molecule has 0 bridgehead atoms. The van der Waals surface area contributed by atoms with E-state index in [1.807, 2.05) is 6.07 Å². The number of benzene rings is 2. The molecule has 170 valence electrons. The molecule has 2 aromatic carbocycles. The van der Waals surface area contributed by atoms with E-state index in [-0.39, 0.29) is 17.9 Å². The molecule has 3 nitrogen and oxygen atoms in total. The van der Waals surface area contributed by atoms with Gasteiger partial charge in [0.25, 0.3) is 5.91 Å². The van der Waals surface area contributed by atoms with Gasteiger partial charge in [0.1, 0.15) is 5.78 Å². The number of Topliss-reactive ketones (excluding diaryl/α,β-unsaturated/α-hetero) is 1. The van der Waals surface area contributed by atoms with E-state index < -0.39 is 0 Å². The quantitative estimate of drug-likeness (QED) is 0.459. The van der Waals surface area contributed by atoms with E-state index >= 15 is 0 Å². The summed E-state index contributed by atoms with van der Waals surface area (Å²) in [5.41, 5.74) is 5.98. The lowest BCUT2D eigenvalue weighted by atomic mass is 9.49. The zero-order chi connectivity index (χ0) is 23.2. The van der Waals surface area contributed by atoms with Crippen LogP contribution in [0.25, 0.3) is 11.1 Å². The normalized spacial score (nSPS) is 23.6. The summed E-state index contributed by atoms with van der Waals surface area (Å²) in [6, 6.07) is 19.2. The summed E-state index contributed by atoms with van der Waals surface area (Å²) in [4.78, 5) is 27.3. The van der Waals surface area contributed by atoms with Gasteiger partial charge in [0, 0.05) is 21.7 Å². The average Bonchev–Trinajstić information content (AvgIpc) is 3.02. The summed E-state index contributed by atoms with van der Waals surface area (Å²) in [5.74, 6) is 0.629. The van der Waals surface area contributed by atoms with E-state index in [0.717, 1.165) is 48.1 Å². The van der Waals surface area contributed by atoms with Crippen molar-refractivity contribution < 1.29 is 9.59 Å². The highest BCUT2D eigenvalue weighted by Gasteiger charge is 2.54. The molecule has 33 heavy (non-hydrogen) atoms. The molecule has 2 saturated carbocycles. The van der Waals surface area contributed by atoms with Crippen LogP contribution in [0.1, 0.15) is 63.8 Å². The van der Waals surface area contributed by atoms with E-state index in [1.54, 1.807) is 18.3 Å². The third-order valence-electron chi connectivity index (χ3n) is 7.71. The van der Waals surface area contributed by atoms with Crippen LogP contribution in [0.4, 0.5) is 0 Å². The van der Waals surface area contributed by atoms with Gasteiger partial charge >= 0.3 is 0 Å². The molecule has 1 spiro atoms. The van der Waals surface area contributed by atoms with Crippen molar-refractivity contribution in [1.82, 2.24) is 5.32 Å². The van der Waals surface area contributed by atoms with Gasteiger partial charge in [-0.1, -0.05) is 54.6 Å². The van der Waals surface area contributed by atoms with Crippen molar-refractivity contribution >= 4 is 23.0 Å². The molecule has 0 aliphatic heterocycles. The number of rotatable bonds is 6. The Morgan fingerprint density at radius 2 is 1.61 bits per heavy atom. The van der Waals surface area contributed by atoms with Crippen LogP contribution >= 0.6 is 11.3 Å². The van der Waals surface area contributed by atoms with Crippen molar-refractivity contribution in [3.63, 3.8) is 0 Å². The van der Waals surface area contributed by atoms with Gasteiger partial charge in [0.2, 0.25) is 0 Å². The maximum Gasteiger partial charge on any atom is 0.252 e. The fourth-order valence-electron chi connectivity index (χ4n) is 5.96. The predicted molar refractivity (Wildman–Crippen MR) is 135 cm³/mol. The minimum Gasteiger partial charge on any atom is -0.349 e. The Morgan fingerprint density at radius 1 is 0.939 bits per heavy atom. The second-order valence-corrected chi connectivity index (χ2v) is 11.5. The van der Waals surface area contributed by atoms with Crippen LogP contribution in [-0.4, -0.2) is 17.7 Å². The molecular weight excluding hydrogens is 426 g/mol. The Balaban J connectivity index is 1.33. The number of amides is 1. The molecule has 0 atom stereocenters. The van der Waals surface area contributed by atoms with Gasteiger partial charge < -0.3 is 5.32 Å². The number of ketones is 1. The fraction of sp³-hybridized carbons (Fsp3) is 0.379. The maximum atomic E-state index is 13.4. The smallest absolute Gasteiger partial charge is 0.252 e. The first-order chi connectivity index (χ1) is 15.8. The molecule has 2 aliphatic rings. The molecule has 2 fully saturated rings. The first-order valence-electron chi connectivity index (χ1n) is 11.9. The van der Waals surface area contributed by atoms with Gasteiger partial charge in [-0.15, -0.1) is 11.3 Å². The number of hydrogen-bond donors (Lipinski definition) is 1. The molecule has 4 heteroatoms. The Bertz CT molecular complexity index is 1200. The number of aryl methyl sites for hydroxylation is 2. The topological polar surface area (TPSA) is 46.2 Å². The summed E-state index contributed by atoms with van der Waals surface area (Å²) < 4.78 is 0. The molecule has 1 heterocycles. The Kier molecular flexibility index (Phi) is 5.74. The Hall–Kier alpha value is -2.72. The lowest BCUT2D eigenvalue weighted by Crippen LogP contribution is -2.57. The maximum absolute atomic E-state index is 13.4. The van der Waals surface area contributed by atoms with Crippen LogP contribution in [0.5, 0.6) is 0 Å². The van der Waals surface area contributed by atoms with E-state index in [4.69, 9.17) is 0 Å². The van der Waals surface area contributed by atoms with Crippen LogP contribution in [0.15, 0.2) is 54.6 Å². The Morgan fingerprint density at radius 3 is 2.30 bits per heavy atom. The minimum atomic E-state index is 0.0614. The van der Waals surface area contributed by atoms with Crippen LogP contribution < -0.4 is 5.32 Å². The van der Waals surface area contributed by atoms with Gasteiger partial charge in [0.15, 0.2) is 0 Å². The average molecular weight is 458 g/mol. The van der Waals surface area contributed by atoms with E-state index in [2.05, 4.69) is 67.7 Å². The molecule has 5 rings (SSSR count). The monoisotopic (exact) mass is 457 g/mol. The summed E-state index contributed by atoms with van der Waals surface area (Å²) in [7, 11) is 0. The number of carbonyl (C=O) groups is 2. The van der Waals surface area contributed by atoms with E-state index in [9.17, 15) is 9.59 Å². The second-order valence-electron chi connectivity index (χ2n) is 10.1. The van der Waals surface area contributed by atoms with E-state index in [1.165, 1.54) is 21.6 Å². The van der Waals surface area contributed by atoms with Gasteiger partial charge in [-0.25, -0.2) is 0 Å². The molecule has 2 aliphatic carbocycles. The van der Waals surface area contributed by atoms with E-state index in [0.29, 0.717) is 11.2 Å². The molecular formula is C29H31NO2S. The summed E-state index contributed by atoms with van der Waals surface area (Å²) in [6.07, 6.45) is 4.78. The third-order valence-corrected chi connectivity index (χ3v) is 8.77. The van der Waals surface area contributed by atoms with Crippen molar-refractivity contribution in [2.45, 2.75) is 58.9 Å². The third kappa shape index (κ3) is 4.17. The molecule has 0 unspecified atom stereocenters. The first kappa shape index (κ1) is 22.1. The van der Waals surface area contributed by atoms with Crippen LogP contribution in [0, 0.1) is 25.2 Å². The molecule has 1 amide bonds. The second kappa shape index (κ2) is 8.57. The molecule has 3 aromatic rings. The fourth-order valence-corrected chi connectivity index (χ4v) is 7.03. The molecule has 0 saturated heterocycles. The molecule has 0 radical (unpaired) electrons. The van der Waals surface area contributed by atoms with Crippen molar-refractivity contribution in [2.75, 3.05) is 0 Å². The molecule has 1 aromatic heterocycles. The number of nitrogens with one attached hydrogen (secondary N) is 1. The largest absolute Gasteiger partial charge is 0.349 e. The van der Waals surface area contributed by atoms with Crippen molar-refractivity contribution in [2.24, 2.45) is 11.3 Å². The lowest BCUT2D eigenvalue weighted by Gasteiger charge is -2.57. The van der Waals surface area contributed by atoms with Crippen LogP contribution in [-0.2, 0) is 11.2 Å². The van der Waals surface area contributed by atoms with Crippen LogP contribution in [0.3, 0.4) is 0 Å². The van der Waals surface area contributed by atoms with Gasteiger partial charge in [0.05, 0.1) is 5.56 Å². The predicted octanol–water partition coefficient (Wildman–Crippen LogP) is 6.50. The number of thiophene rings is 1. The summed E-state index contributed by atoms with van der Waals surface area (Å²) in [5, 5.41) is 3.31. The zero-order valence-electron chi connectivity index (χ0n) is 19.6. The van der Waals surface area contributed by atoms with Gasteiger partial charge in [-0.2, -0.15) is 0 Å². The summed E-state index contributed by atoms with van der Waals surface area (Å²) in [6.45, 7) is 5.89. The SMILES string of the molecule is CC(=O)C1CC2(CC(NC(=O)c3c(C)sc(C)c3Cc3ccccc3-c3ccccc3)C2)C1. The number of carbonyl (C=O) groups excluding carboxylic acids is 2. The van der Waals surface area contributed by atoms with Crippen molar-refractivity contribution in [1.29, 1.82) is 0 Å². The van der Waals surface area contributed by atoms with Crippen molar-refractivity contribution in [3.05, 3.63) is 81.0 Å². The lowest BCUT2D eigenvalue weighted by molar-refractivity contribution is -0.134. The van der Waals surface area contributed by atoms with Gasteiger partial charge in [-0.3, -0.25) is 9.59 Å².